The van der Waals surface area contributed by atoms with Crippen molar-refractivity contribution in [3.8, 4) is 0 Å². The lowest BCUT2D eigenvalue weighted by atomic mass is 10.3. The summed E-state index contributed by atoms with van der Waals surface area (Å²) in [6, 6.07) is 3.69. The van der Waals surface area contributed by atoms with Gasteiger partial charge in [0.1, 0.15) is 23.8 Å². The van der Waals surface area contributed by atoms with Gasteiger partial charge >= 0.3 is 6.09 Å². The average Bonchev–Trinajstić information content (AvgIpc) is 2.54. The predicted molar refractivity (Wildman–Crippen MR) is 70.8 cm³/mol. The van der Waals surface area contributed by atoms with E-state index in [1.54, 1.807) is 25.4 Å². The fourth-order valence-corrected chi connectivity index (χ4v) is 1.52. The van der Waals surface area contributed by atoms with Crippen molar-refractivity contribution < 1.29 is 18.3 Å². The minimum Gasteiger partial charge on any atom is -0.443 e. The summed E-state index contributed by atoms with van der Waals surface area (Å²) >= 11 is 0. The number of carbonyl (C=O) groups excluding carboxylic acids is 1. The fraction of sp³-hybridized carbons (Fsp3) is 0.308. The van der Waals surface area contributed by atoms with Gasteiger partial charge in [-0.3, -0.25) is 0 Å². The molecule has 0 bridgehead atoms. The van der Waals surface area contributed by atoms with Gasteiger partial charge in [0, 0.05) is 12.4 Å². The van der Waals surface area contributed by atoms with E-state index in [0.29, 0.717) is 5.82 Å². The van der Waals surface area contributed by atoms with Crippen LogP contribution in [-0.4, -0.2) is 26.3 Å². The van der Waals surface area contributed by atoms with E-state index < -0.39 is 24.3 Å². The smallest absolute Gasteiger partial charge is 0.408 e. The monoisotopic (exact) mass is 309 g/mol. The highest BCUT2D eigenvalue weighted by atomic mass is 19.3. The minimum atomic E-state index is -2.68. The van der Waals surface area contributed by atoms with Crippen molar-refractivity contribution in [2.24, 2.45) is 0 Å². The number of alkyl halides is 2. The molecule has 2 aromatic heterocycles. The van der Waals surface area contributed by atoms with Crippen molar-refractivity contribution in [1.29, 1.82) is 0 Å². The number of amides is 1. The summed E-state index contributed by atoms with van der Waals surface area (Å²) in [7, 11) is 0. The molecule has 0 saturated carbocycles. The van der Waals surface area contributed by atoms with E-state index >= 15 is 0 Å². The number of nitrogens with one attached hydrogen (secondary N) is 1. The van der Waals surface area contributed by atoms with Crippen LogP contribution in [0.25, 0.3) is 0 Å². The Balaban J connectivity index is 1.82. The molecule has 2 aromatic rings. The Labute approximate surface area is 124 Å². The second kappa shape index (κ2) is 7.34. The maximum Gasteiger partial charge on any atom is 0.408 e. The Morgan fingerprint density at radius 1 is 1.27 bits per heavy atom. The average molecular weight is 309 g/mol. The van der Waals surface area contributed by atoms with E-state index in [-0.39, 0.29) is 12.3 Å². The zero-order valence-corrected chi connectivity index (χ0v) is 11.6. The highest BCUT2D eigenvalue weighted by Gasteiger charge is 2.13. The Kier molecular flexibility index (Phi) is 5.23. The van der Waals surface area contributed by atoms with Gasteiger partial charge in [-0.25, -0.2) is 23.5 Å². The summed E-state index contributed by atoms with van der Waals surface area (Å²) in [4.78, 5) is 19.6. The van der Waals surface area contributed by atoms with Crippen LogP contribution in [0.5, 0.6) is 0 Å². The standard InChI is InChI=1S/C13H13F2N5O2/c1-8(12-16-5-2-6-17-12)18-13(21)22-7-9-3-4-10(11(14)15)20-19-9/h2-6,8,11H,7H2,1H3,(H,18,21). The molecule has 22 heavy (non-hydrogen) atoms. The molecule has 1 atom stereocenters. The first-order chi connectivity index (χ1) is 10.6. The Bertz CT molecular complexity index is 610. The SMILES string of the molecule is CC(NC(=O)OCc1ccc(C(F)F)nn1)c1ncccn1. The molecular formula is C13H13F2N5O2. The van der Waals surface area contributed by atoms with Gasteiger partial charge in [0.05, 0.1) is 6.04 Å². The molecule has 116 valence electrons. The largest absolute Gasteiger partial charge is 0.443 e. The third kappa shape index (κ3) is 4.40. The van der Waals surface area contributed by atoms with Gasteiger partial charge in [0.25, 0.3) is 6.43 Å². The topological polar surface area (TPSA) is 89.9 Å². The number of halogens is 2. The maximum atomic E-state index is 12.3. The van der Waals surface area contributed by atoms with Gasteiger partial charge in [-0.2, -0.15) is 5.10 Å². The first-order valence-corrected chi connectivity index (χ1v) is 6.37. The number of rotatable bonds is 5. The van der Waals surface area contributed by atoms with Crippen LogP contribution >= 0.6 is 0 Å². The Morgan fingerprint density at radius 3 is 2.59 bits per heavy atom. The molecule has 0 fully saturated rings. The van der Waals surface area contributed by atoms with Crippen molar-refractivity contribution >= 4 is 6.09 Å². The maximum absolute atomic E-state index is 12.3. The lowest BCUT2D eigenvalue weighted by molar-refractivity contribution is 0.132. The molecule has 0 aliphatic carbocycles. The molecular weight excluding hydrogens is 296 g/mol. The summed E-state index contributed by atoms with van der Waals surface area (Å²) in [5.74, 6) is 0.445. The van der Waals surface area contributed by atoms with Gasteiger partial charge in [0.2, 0.25) is 0 Å². The summed E-state index contributed by atoms with van der Waals surface area (Å²) in [6.07, 6.45) is -0.255. The Morgan fingerprint density at radius 2 is 2.00 bits per heavy atom. The van der Waals surface area contributed by atoms with Crippen LogP contribution in [0, 0.1) is 0 Å². The molecule has 0 aromatic carbocycles. The van der Waals surface area contributed by atoms with Crippen LogP contribution in [0.4, 0.5) is 13.6 Å². The second-order valence-electron chi connectivity index (χ2n) is 4.30. The van der Waals surface area contributed by atoms with E-state index in [4.69, 9.17) is 4.74 Å². The zero-order valence-electron chi connectivity index (χ0n) is 11.6. The summed E-state index contributed by atoms with van der Waals surface area (Å²) in [5.41, 5.74) is -0.161. The van der Waals surface area contributed by atoms with Gasteiger partial charge in [-0.1, -0.05) is 0 Å². The molecule has 0 saturated heterocycles. The first-order valence-electron chi connectivity index (χ1n) is 6.37. The molecule has 0 spiro atoms. The molecule has 2 heterocycles. The third-order valence-electron chi connectivity index (χ3n) is 2.62. The normalized spacial score (nSPS) is 12.0. The first kappa shape index (κ1) is 15.7. The highest BCUT2D eigenvalue weighted by molar-refractivity contribution is 5.67. The number of nitrogens with zero attached hydrogens (tertiary/aromatic N) is 4. The van der Waals surface area contributed by atoms with Gasteiger partial charge in [-0.05, 0) is 25.1 Å². The fourth-order valence-electron chi connectivity index (χ4n) is 1.52. The van der Waals surface area contributed by atoms with Crippen molar-refractivity contribution in [1.82, 2.24) is 25.5 Å². The molecule has 1 unspecified atom stereocenters. The molecule has 7 nitrogen and oxygen atoms in total. The van der Waals surface area contributed by atoms with Crippen molar-refractivity contribution in [3.05, 3.63) is 47.8 Å². The summed E-state index contributed by atoms with van der Waals surface area (Å²) in [6.45, 7) is 1.53. The number of hydrogen-bond donors (Lipinski definition) is 1. The quantitative estimate of drug-likeness (QED) is 0.910. The van der Waals surface area contributed by atoms with E-state index in [1.807, 2.05) is 0 Å². The van der Waals surface area contributed by atoms with E-state index in [0.717, 1.165) is 6.07 Å². The second-order valence-corrected chi connectivity index (χ2v) is 4.30. The molecule has 2 rings (SSSR count). The number of ether oxygens (including phenoxy) is 1. The van der Waals surface area contributed by atoms with Crippen molar-refractivity contribution in [2.45, 2.75) is 26.0 Å². The predicted octanol–water partition coefficient (Wildman–Crippen LogP) is 2.19. The van der Waals surface area contributed by atoms with Crippen molar-refractivity contribution in [3.63, 3.8) is 0 Å². The van der Waals surface area contributed by atoms with Gasteiger partial charge in [-0.15, -0.1) is 5.10 Å². The summed E-state index contributed by atoms with van der Waals surface area (Å²) in [5, 5.41) is 9.42. The van der Waals surface area contributed by atoms with E-state index in [2.05, 4.69) is 25.5 Å². The van der Waals surface area contributed by atoms with Gasteiger partial charge in [0.15, 0.2) is 0 Å². The number of alkyl carbamates (subject to hydrolysis) is 1. The van der Waals surface area contributed by atoms with Crippen LogP contribution in [0.2, 0.25) is 0 Å². The van der Waals surface area contributed by atoms with Gasteiger partial charge < -0.3 is 10.1 Å². The molecule has 1 N–H and O–H groups in total. The van der Waals surface area contributed by atoms with Crippen LogP contribution < -0.4 is 5.32 Å². The molecule has 0 aliphatic rings. The number of aromatic nitrogens is 4. The minimum absolute atomic E-state index is 0.176. The highest BCUT2D eigenvalue weighted by Crippen LogP contribution is 2.14. The number of hydrogen-bond acceptors (Lipinski definition) is 6. The van der Waals surface area contributed by atoms with Crippen LogP contribution in [0.1, 0.15) is 36.6 Å². The Hall–Kier alpha value is -2.71. The number of carbonyl (C=O) groups is 1. The lowest BCUT2D eigenvalue weighted by Crippen LogP contribution is -2.28. The van der Waals surface area contributed by atoms with Crippen molar-refractivity contribution in [2.75, 3.05) is 0 Å². The summed E-state index contributed by atoms with van der Waals surface area (Å²) < 4.78 is 29.5. The molecule has 0 aliphatic heterocycles. The zero-order chi connectivity index (χ0) is 15.9. The van der Waals surface area contributed by atoms with Crippen LogP contribution in [0.3, 0.4) is 0 Å². The molecule has 9 heteroatoms. The molecule has 0 radical (unpaired) electrons. The van der Waals surface area contributed by atoms with E-state index in [9.17, 15) is 13.6 Å². The lowest BCUT2D eigenvalue weighted by Gasteiger charge is -2.12. The van der Waals surface area contributed by atoms with E-state index in [1.165, 1.54) is 6.07 Å². The van der Waals surface area contributed by atoms with Crippen LogP contribution in [0.15, 0.2) is 30.6 Å². The third-order valence-corrected chi connectivity index (χ3v) is 2.62. The van der Waals surface area contributed by atoms with Crippen LogP contribution in [-0.2, 0) is 11.3 Å². The molecule has 1 amide bonds.